The molecule has 0 bridgehead atoms. The first-order valence-corrected chi connectivity index (χ1v) is 12.6. The number of nitriles is 1. The zero-order chi connectivity index (χ0) is 26.1. The van der Waals surface area contributed by atoms with E-state index in [-0.39, 0.29) is 37.6 Å². The van der Waals surface area contributed by atoms with Gasteiger partial charge in [0.15, 0.2) is 5.13 Å². The van der Waals surface area contributed by atoms with Crippen molar-refractivity contribution in [3.05, 3.63) is 41.4 Å². The molecule has 0 saturated carbocycles. The van der Waals surface area contributed by atoms with Gasteiger partial charge in [0, 0.05) is 56.7 Å². The fourth-order valence-corrected chi connectivity index (χ4v) is 5.52. The third-order valence-electron chi connectivity index (χ3n) is 6.79. The number of hydrogen-bond donors (Lipinski definition) is 2. The molecule has 4 rings (SSSR count). The second-order valence-corrected chi connectivity index (χ2v) is 10.7. The maximum atomic E-state index is 14.8. The maximum Gasteiger partial charge on any atom is 0.246 e. The van der Waals surface area contributed by atoms with Crippen molar-refractivity contribution in [3.63, 3.8) is 0 Å². The van der Waals surface area contributed by atoms with Crippen molar-refractivity contribution in [2.75, 3.05) is 30.8 Å². The number of carbonyl (C=O) groups excluding carboxylic acids is 3. The first kappa shape index (κ1) is 25.6. The Morgan fingerprint density at radius 1 is 1.44 bits per heavy atom. The number of aromatic nitrogens is 1. The van der Waals surface area contributed by atoms with Crippen molar-refractivity contribution in [1.29, 1.82) is 5.26 Å². The molecule has 1 aromatic carbocycles. The predicted molar refractivity (Wildman–Crippen MR) is 134 cm³/mol. The van der Waals surface area contributed by atoms with E-state index in [2.05, 4.69) is 21.7 Å². The summed E-state index contributed by atoms with van der Waals surface area (Å²) in [5.41, 5.74) is -1.39. The number of fused-ring (bicyclic) bond motifs is 2. The van der Waals surface area contributed by atoms with E-state index in [1.807, 2.05) is 17.5 Å². The van der Waals surface area contributed by atoms with E-state index in [1.54, 1.807) is 18.3 Å². The van der Waals surface area contributed by atoms with Crippen LogP contribution in [-0.2, 0) is 19.8 Å². The lowest BCUT2D eigenvalue weighted by molar-refractivity contribution is -0.146. The Balaban J connectivity index is 1.55. The second-order valence-electron chi connectivity index (χ2n) is 9.85. The monoisotopic (exact) mass is 512 g/mol. The zero-order valence-corrected chi connectivity index (χ0v) is 21.3. The van der Waals surface area contributed by atoms with Gasteiger partial charge in [-0.25, -0.2) is 9.37 Å². The minimum atomic E-state index is -1.75. The molecule has 3 amide bonds. The number of amides is 3. The van der Waals surface area contributed by atoms with Crippen molar-refractivity contribution < 1.29 is 18.8 Å². The number of nitrogens with zero attached hydrogens (tertiary/aromatic N) is 4. The number of hydrogen-bond acceptors (Lipinski definition) is 7. The highest BCUT2D eigenvalue weighted by atomic mass is 32.1. The van der Waals surface area contributed by atoms with E-state index in [0.29, 0.717) is 17.4 Å². The number of nitrogens with one attached hydrogen (secondary N) is 2. The predicted octanol–water partition coefficient (Wildman–Crippen LogP) is 2.92. The maximum absolute atomic E-state index is 14.8. The minimum Gasteiger partial charge on any atom is -0.361 e. The lowest BCUT2D eigenvalue weighted by Crippen LogP contribution is -2.53. The molecule has 2 aromatic rings. The van der Waals surface area contributed by atoms with Gasteiger partial charge in [-0.1, -0.05) is 18.2 Å². The van der Waals surface area contributed by atoms with Crippen LogP contribution in [0.15, 0.2) is 35.8 Å². The van der Waals surface area contributed by atoms with Crippen molar-refractivity contribution >= 4 is 39.9 Å². The molecule has 3 heterocycles. The highest BCUT2D eigenvalue weighted by Crippen LogP contribution is 2.46. The Hall–Kier alpha value is -3.52. The van der Waals surface area contributed by atoms with Crippen LogP contribution in [0.3, 0.4) is 0 Å². The standard InChI is InChI=1S/C25H29FN6O3S/c1-24(2,26)13-19(31(3)20(33)8-9-28-23-29-10-11-36-23)21(34)32-15-25(12-16(32)14-27)17-6-4-5-7-18(17)30-22(25)35/h4-7,10-11,16,19H,8-9,12-13,15H2,1-3H3,(H,28,29)(H,30,35)/t16-,19-,25-/m0/s1. The molecule has 11 heteroatoms. The topological polar surface area (TPSA) is 118 Å². The summed E-state index contributed by atoms with van der Waals surface area (Å²) in [7, 11) is 1.48. The van der Waals surface area contributed by atoms with Gasteiger partial charge in [0.2, 0.25) is 17.7 Å². The van der Waals surface area contributed by atoms with Crippen LogP contribution in [-0.4, -0.2) is 70.4 Å². The molecule has 2 aliphatic heterocycles. The van der Waals surface area contributed by atoms with Crippen molar-refractivity contribution in [2.45, 2.75) is 56.3 Å². The molecule has 190 valence electrons. The molecular weight excluding hydrogens is 483 g/mol. The van der Waals surface area contributed by atoms with Gasteiger partial charge in [0.05, 0.1) is 11.5 Å². The highest BCUT2D eigenvalue weighted by molar-refractivity contribution is 7.13. The first-order valence-electron chi connectivity index (χ1n) is 11.7. The molecule has 3 atom stereocenters. The third kappa shape index (κ3) is 4.91. The van der Waals surface area contributed by atoms with Crippen molar-refractivity contribution in [2.24, 2.45) is 0 Å². The molecule has 2 aliphatic rings. The van der Waals surface area contributed by atoms with Crippen molar-refractivity contribution in [1.82, 2.24) is 14.8 Å². The highest BCUT2D eigenvalue weighted by Gasteiger charge is 2.56. The SMILES string of the molecule is CN(C(=O)CCNc1nccs1)[C@@H](CC(C)(C)F)C(=O)N1C[C@]2(C[C@H]1C#N)C(=O)Nc1ccccc12. The molecule has 1 spiro atoms. The minimum absolute atomic E-state index is 0.0102. The Labute approximate surface area is 213 Å². The second kappa shape index (κ2) is 9.85. The Morgan fingerprint density at radius 2 is 2.19 bits per heavy atom. The summed E-state index contributed by atoms with van der Waals surface area (Å²) in [6, 6.07) is 7.37. The summed E-state index contributed by atoms with van der Waals surface area (Å²) in [5, 5.41) is 18.3. The van der Waals surface area contributed by atoms with Gasteiger partial charge in [0.25, 0.3) is 0 Å². The van der Waals surface area contributed by atoms with E-state index in [4.69, 9.17) is 0 Å². The third-order valence-corrected chi connectivity index (χ3v) is 7.52. The number of alkyl halides is 1. The van der Waals surface area contributed by atoms with E-state index in [1.165, 1.54) is 42.0 Å². The molecule has 1 fully saturated rings. The summed E-state index contributed by atoms with van der Waals surface area (Å²) in [5.74, 6) is -1.14. The zero-order valence-electron chi connectivity index (χ0n) is 20.5. The van der Waals surface area contributed by atoms with Crippen LogP contribution >= 0.6 is 11.3 Å². The summed E-state index contributed by atoms with van der Waals surface area (Å²) in [6.45, 7) is 3.00. The fraction of sp³-hybridized carbons (Fsp3) is 0.480. The van der Waals surface area contributed by atoms with Crippen LogP contribution in [0.25, 0.3) is 0 Å². The lowest BCUT2D eigenvalue weighted by Gasteiger charge is -2.34. The number of thiazole rings is 1. The molecule has 0 unspecified atom stereocenters. The molecule has 0 aliphatic carbocycles. The lowest BCUT2D eigenvalue weighted by atomic mass is 9.80. The van der Waals surface area contributed by atoms with Crippen molar-refractivity contribution in [3.8, 4) is 6.07 Å². The molecule has 36 heavy (non-hydrogen) atoms. The van der Waals surface area contributed by atoms with Gasteiger partial charge >= 0.3 is 0 Å². The number of para-hydroxylation sites is 1. The Bertz CT molecular complexity index is 1190. The van der Waals surface area contributed by atoms with Crippen LogP contribution in [0.1, 0.15) is 38.7 Å². The smallest absolute Gasteiger partial charge is 0.246 e. The number of benzene rings is 1. The first-order chi connectivity index (χ1) is 17.1. The van der Waals surface area contributed by atoms with Crippen LogP contribution < -0.4 is 10.6 Å². The average Bonchev–Trinajstić information content (AvgIpc) is 3.55. The van der Waals surface area contributed by atoms with E-state index >= 15 is 0 Å². The summed E-state index contributed by atoms with van der Waals surface area (Å²) >= 11 is 1.41. The Kier molecular flexibility index (Phi) is 7.00. The average molecular weight is 513 g/mol. The van der Waals surface area contributed by atoms with E-state index < -0.39 is 29.1 Å². The van der Waals surface area contributed by atoms with Gasteiger partial charge in [0.1, 0.15) is 17.8 Å². The van der Waals surface area contributed by atoms with Gasteiger partial charge in [-0.3, -0.25) is 14.4 Å². The molecular formula is C25H29FN6O3S. The summed E-state index contributed by atoms with van der Waals surface area (Å²) in [6.07, 6.45) is 1.63. The van der Waals surface area contributed by atoms with Crippen LogP contribution in [0.5, 0.6) is 0 Å². The fourth-order valence-electron chi connectivity index (χ4n) is 4.96. The van der Waals surface area contributed by atoms with E-state index in [0.717, 1.165) is 5.56 Å². The quantitative estimate of drug-likeness (QED) is 0.562. The van der Waals surface area contributed by atoms with E-state index in [9.17, 15) is 24.0 Å². The summed E-state index contributed by atoms with van der Waals surface area (Å²) in [4.78, 5) is 46.6. The molecule has 0 radical (unpaired) electrons. The van der Waals surface area contributed by atoms with Crippen LogP contribution in [0.4, 0.5) is 15.2 Å². The Morgan fingerprint density at radius 3 is 2.86 bits per heavy atom. The van der Waals surface area contributed by atoms with Gasteiger partial charge in [-0.2, -0.15) is 5.26 Å². The molecule has 9 nitrogen and oxygen atoms in total. The van der Waals surface area contributed by atoms with Gasteiger partial charge in [-0.15, -0.1) is 11.3 Å². The van der Waals surface area contributed by atoms with Crippen LogP contribution in [0.2, 0.25) is 0 Å². The van der Waals surface area contributed by atoms with Gasteiger partial charge in [-0.05, 0) is 25.5 Å². The molecule has 1 aromatic heterocycles. The number of rotatable bonds is 8. The molecule has 1 saturated heterocycles. The molecule has 2 N–H and O–H groups in total. The largest absolute Gasteiger partial charge is 0.361 e. The normalized spacial score (nSPS) is 21.6. The number of carbonyl (C=O) groups is 3. The van der Waals surface area contributed by atoms with Crippen LogP contribution in [0, 0.1) is 11.3 Å². The number of likely N-dealkylation sites (N-methyl/N-ethyl adjacent to an activating group) is 1. The number of likely N-dealkylation sites (tertiary alicyclic amines) is 1. The summed E-state index contributed by atoms with van der Waals surface area (Å²) < 4.78 is 14.8. The number of anilines is 2. The van der Waals surface area contributed by atoms with Gasteiger partial charge < -0.3 is 20.4 Å². The number of halogens is 1.